The number of aliphatic hydroxyl groups is 1. The molecule has 0 saturated carbocycles. The lowest BCUT2D eigenvalue weighted by atomic mass is 9.96. The maximum Gasteiger partial charge on any atom is 0.301 e. The van der Waals surface area contributed by atoms with Gasteiger partial charge in [-0.15, -0.1) is 0 Å². The van der Waals surface area contributed by atoms with E-state index in [1.165, 1.54) is 0 Å². The average molecular weight is 258 g/mol. The average Bonchev–Trinajstić information content (AvgIpc) is 2.34. The summed E-state index contributed by atoms with van der Waals surface area (Å²) in [6.45, 7) is 5.61. The lowest BCUT2D eigenvalue weighted by Gasteiger charge is -2.27. The molecule has 100 valence electrons. The Morgan fingerprint density at radius 1 is 1.26 bits per heavy atom. The molecule has 1 aromatic rings. The van der Waals surface area contributed by atoms with Gasteiger partial charge in [-0.1, -0.05) is 44.2 Å². The Bertz CT molecular complexity index is 547. The molecule has 1 heterocycles. The van der Waals surface area contributed by atoms with Crippen LogP contribution >= 0.6 is 0 Å². The second-order valence-corrected chi connectivity index (χ2v) is 5.24. The van der Waals surface area contributed by atoms with Gasteiger partial charge in [0.1, 0.15) is 0 Å². The minimum Gasteiger partial charge on any atom is -0.362 e. The van der Waals surface area contributed by atoms with Gasteiger partial charge >= 0.3 is 5.91 Å². The van der Waals surface area contributed by atoms with Gasteiger partial charge in [-0.2, -0.15) is 0 Å². The van der Waals surface area contributed by atoms with Crippen molar-refractivity contribution in [1.82, 2.24) is 0 Å². The van der Waals surface area contributed by atoms with Crippen LogP contribution in [0.3, 0.4) is 0 Å². The lowest BCUT2D eigenvalue weighted by molar-refractivity contribution is -0.136. The first-order valence-electron chi connectivity index (χ1n) is 6.40. The van der Waals surface area contributed by atoms with Crippen LogP contribution in [0.25, 0.3) is 0 Å². The fourth-order valence-corrected chi connectivity index (χ4v) is 2.18. The van der Waals surface area contributed by atoms with Crippen LogP contribution in [0.15, 0.2) is 40.3 Å². The number of carbonyl (C=O) groups excluding carboxylic acids is 1. The summed E-state index contributed by atoms with van der Waals surface area (Å²) in [7, 11) is 0. The van der Waals surface area contributed by atoms with Crippen LogP contribution in [0.1, 0.15) is 32.8 Å². The molecule has 0 radical (unpaired) electrons. The number of nitrogens with zero attached hydrogens (tertiary/aromatic N) is 2. The van der Waals surface area contributed by atoms with Crippen molar-refractivity contribution in [2.75, 3.05) is 0 Å². The van der Waals surface area contributed by atoms with Crippen molar-refractivity contribution in [2.24, 2.45) is 15.9 Å². The molecule has 4 nitrogen and oxygen atoms in total. The third kappa shape index (κ3) is 2.79. The van der Waals surface area contributed by atoms with Gasteiger partial charge in [0.2, 0.25) is 5.72 Å². The highest BCUT2D eigenvalue weighted by Crippen LogP contribution is 2.25. The fourth-order valence-electron chi connectivity index (χ4n) is 2.18. The van der Waals surface area contributed by atoms with Crippen molar-refractivity contribution in [3.63, 3.8) is 0 Å². The first-order valence-corrected chi connectivity index (χ1v) is 6.40. The second kappa shape index (κ2) is 5.05. The largest absolute Gasteiger partial charge is 0.362 e. The molecular formula is C15H18N2O2. The van der Waals surface area contributed by atoms with E-state index in [9.17, 15) is 9.90 Å². The second-order valence-electron chi connectivity index (χ2n) is 5.24. The van der Waals surface area contributed by atoms with Crippen molar-refractivity contribution in [1.29, 1.82) is 0 Å². The molecule has 0 saturated heterocycles. The summed E-state index contributed by atoms with van der Waals surface area (Å²) in [5, 5.41) is 10.4. The summed E-state index contributed by atoms with van der Waals surface area (Å²) >= 11 is 0. The van der Waals surface area contributed by atoms with Crippen molar-refractivity contribution in [3.8, 4) is 0 Å². The monoisotopic (exact) mass is 258 g/mol. The summed E-state index contributed by atoms with van der Waals surface area (Å²) in [4.78, 5) is 20.1. The molecule has 1 aromatic carbocycles. The SMILES string of the molecule is CC1=NC(=O)C(O)(CC(C)C)N=C1c1ccccc1. The van der Waals surface area contributed by atoms with Crippen molar-refractivity contribution in [3.05, 3.63) is 35.9 Å². The minimum atomic E-state index is -1.72. The molecule has 0 aromatic heterocycles. The molecule has 1 amide bonds. The Kier molecular flexibility index (Phi) is 3.62. The molecule has 19 heavy (non-hydrogen) atoms. The van der Waals surface area contributed by atoms with E-state index >= 15 is 0 Å². The van der Waals surface area contributed by atoms with E-state index in [0.29, 0.717) is 11.4 Å². The smallest absolute Gasteiger partial charge is 0.301 e. The highest BCUT2D eigenvalue weighted by molar-refractivity contribution is 6.50. The first kappa shape index (κ1) is 13.6. The highest BCUT2D eigenvalue weighted by Gasteiger charge is 2.39. The van der Waals surface area contributed by atoms with Gasteiger partial charge in [0.15, 0.2) is 0 Å². The van der Waals surface area contributed by atoms with Gasteiger partial charge in [0.25, 0.3) is 0 Å². The Labute approximate surface area is 112 Å². The van der Waals surface area contributed by atoms with E-state index in [0.717, 1.165) is 5.56 Å². The summed E-state index contributed by atoms with van der Waals surface area (Å²) < 4.78 is 0. The van der Waals surface area contributed by atoms with Crippen LogP contribution < -0.4 is 0 Å². The molecule has 0 aliphatic carbocycles. The van der Waals surface area contributed by atoms with Gasteiger partial charge in [-0.05, 0) is 12.8 Å². The minimum absolute atomic E-state index is 0.156. The molecule has 0 spiro atoms. The first-order chi connectivity index (χ1) is 8.92. The predicted molar refractivity (Wildman–Crippen MR) is 75.5 cm³/mol. The number of carbonyl (C=O) groups is 1. The number of rotatable bonds is 3. The molecule has 0 fully saturated rings. The normalized spacial score (nSPS) is 23.3. The van der Waals surface area contributed by atoms with E-state index < -0.39 is 11.6 Å². The summed E-state index contributed by atoms with van der Waals surface area (Å²) in [5.41, 5.74) is 0.269. The van der Waals surface area contributed by atoms with Crippen LogP contribution in [0, 0.1) is 5.92 Å². The molecule has 1 aliphatic heterocycles. The van der Waals surface area contributed by atoms with Gasteiger partial charge in [0.05, 0.1) is 11.4 Å². The van der Waals surface area contributed by atoms with E-state index in [-0.39, 0.29) is 12.3 Å². The van der Waals surface area contributed by atoms with Crippen LogP contribution in [0.5, 0.6) is 0 Å². The zero-order valence-electron chi connectivity index (χ0n) is 11.4. The third-order valence-electron chi connectivity index (χ3n) is 2.99. The standard InChI is InChI=1S/C15H18N2O2/c1-10(2)9-15(19)14(18)16-11(3)13(17-15)12-7-5-4-6-8-12/h4-8,10,19H,9H2,1-3H3. The lowest BCUT2D eigenvalue weighted by Crippen LogP contribution is -2.42. The zero-order valence-corrected chi connectivity index (χ0v) is 11.4. The molecule has 1 unspecified atom stereocenters. The van der Waals surface area contributed by atoms with E-state index in [4.69, 9.17) is 0 Å². The van der Waals surface area contributed by atoms with Gasteiger partial charge in [-0.25, -0.2) is 9.98 Å². The molecule has 2 rings (SSSR count). The van der Waals surface area contributed by atoms with Crippen LogP contribution in [0.4, 0.5) is 0 Å². The number of hydrogen-bond donors (Lipinski definition) is 1. The maximum absolute atomic E-state index is 11.9. The summed E-state index contributed by atoms with van der Waals surface area (Å²) in [6, 6.07) is 9.48. The number of benzene rings is 1. The van der Waals surface area contributed by atoms with Crippen molar-refractivity contribution in [2.45, 2.75) is 32.9 Å². The fraction of sp³-hybridized carbons (Fsp3) is 0.400. The Morgan fingerprint density at radius 2 is 1.89 bits per heavy atom. The molecular weight excluding hydrogens is 240 g/mol. The predicted octanol–water partition coefficient (Wildman–Crippen LogP) is 2.21. The molecule has 1 atom stereocenters. The third-order valence-corrected chi connectivity index (χ3v) is 2.99. The van der Waals surface area contributed by atoms with Crippen LogP contribution in [-0.2, 0) is 4.79 Å². The number of amides is 1. The number of aliphatic imine (C=N–C) groups is 2. The zero-order chi connectivity index (χ0) is 14.0. The molecule has 0 bridgehead atoms. The van der Waals surface area contributed by atoms with E-state index in [2.05, 4.69) is 9.98 Å². The molecule has 1 aliphatic rings. The highest BCUT2D eigenvalue weighted by atomic mass is 16.3. The van der Waals surface area contributed by atoms with Crippen molar-refractivity contribution >= 4 is 17.3 Å². The van der Waals surface area contributed by atoms with Gasteiger partial charge < -0.3 is 5.11 Å². The van der Waals surface area contributed by atoms with Gasteiger partial charge in [-0.3, -0.25) is 4.79 Å². The maximum atomic E-state index is 11.9. The Morgan fingerprint density at radius 3 is 2.47 bits per heavy atom. The van der Waals surface area contributed by atoms with Crippen LogP contribution in [0.2, 0.25) is 0 Å². The molecule has 1 N–H and O–H groups in total. The van der Waals surface area contributed by atoms with E-state index in [1.54, 1.807) is 6.92 Å². The topological polar surface area (TPSA) is 62.0 Å². The summed E-state index contributed by atoms with van der Waals surface area (Å²) in [6.07, 6.45) is 0.277. The quantitative estimate of drug-likeness (QED) is 0.903. The number of hydrogen-bond acceptors (Lipinski definition) is 3. The van der Waals surface area contributed by atoms with Gasteiger partial charge in [0, 0.05) is 12.0 Å². The van der Waals surface area contributed by atoms with Crippen molar-refractivity contribution < 1.29 is 9.90 Å². The molecule has 4 heteroatoms. The summed E-state index contributed by atoms with van der Waals surface area (Å²) in [5.74, 6) is -0.415. The Balaban J connectivity index is 2.45. The van der Waals surface area contributed by atoms with E-state index in [1.807, 2.05) is 44.2 Å². The Hall–Kier alpha value is -1.81. The van der Waals surface area contributed by atoms with Crippen LogP contribution in [-0.4, -0.2) is 28.2 Å².